The summed E-state index contributed by atoms with van der Waals surface area (Å²) in [6.45, 7) is 8.93. The van der Waals surface area contributed by atoms with Crippen LogP contribution in [0.3, 0.4) is 0 Å². The van der Waals surface area contributed by atoms with E-state index in [1.54, 1.807) is 4.90 Å². The third-order valence-corrected chi connectivity index (χ3v) is 5.42. The van der Waals surface area contributed by atoms with Crippen molar-refractivity contribution >= 4 is 17.5 Å². The highest BCUT2D eigenvalue weighted by Crippen LogP contribution is 2.18. The Balaban J connectivity index is 1.43. The summed E-state index contributed by atoms with van der Waals surface area (Å²) in [4.78, 5) is 28.7. The number of anilines is 1. The van der Waals surface area contributed by atoms with Gasteiger partial charge in [-0.1, -0.05) is 30.3 Å². The third-order valence-electron chi connectivity index (χ3n) is 5.42. The first-order valence-corrected chi connectivity index (χ1v) is 9.98. The Bertz CT molecular complexity index is 873. The van der Waals surface area contributed by atoms with Gasteiger partial charge in [0.2, 0.25) is 5.91 Å². The molecule has 0 unspecified atom stereocenters. The third kappa shape index (κ3) is 5.57. The second-order valence-corrected chi connectivity index (χ2v) is 7.51. The van der Waals surface area contributed by atoms with Gasteiger partial charge in [0.1, 0.15) is 5.75 Å². The van der Waals surface area contributed by atoms with Gasteiger partial charge in [-0.2, -0.15) is 0 Å². The van der Waals surface area contributed by atoms with E-state index in [1.165, 1.54) is 0 Å². The van der Waals surface area contributed by atoms with Crippen LogP contribution in [0.15, 0.2) is 42.5 Å². The highest BCUT2D eigenvalue weighted by molar-refractivity contribution is 5.93. The molecule has 29 heavy (non-hydrogen) atoms. The minimum Gasteiger partial charge on any atom is -0.484 e. The van der Waals surface area contributed by atoms with E-state index in [9.17, 15) is 9.59 Å². The number of carbonyl (C=O) groups excluding carboxylic acids is 2. The average Bonchev–Trinajstić information content (AvgIpc) is 2.71. The minimum atomic E-state index is -0.0265. The predicted molar refractivity (Wildman–Crippen MR) is 114 cm³/mol. The molecule has 154 valence electrons. The molecule has 1 heterocycles. The number of piperazine rings is 1. The summed E-state index contributed by atoms with van der Waals surface area (Å²) in [6, 6.07) is 13.6. The molecule has 0 radical (unpaired) electrons. The Morgan fingerprint density at radius 1 is 0.931 bits per heavy atom. The highest BCUT2D eigenvalue weighted by Gasteiger charge is 2.23. The summed E-state index contributed by atoms with van der Waals surface area (Å²) < 4.78 is 5.66. The molecule has 0 aliphatic carbocycles. The van der Waals surface area contributed by atoms with Crippen molar-refractivity contribution in [1.29, 1.82) is 0 Å². The van der Waals surface area contributed by atoms with Crippen LogP contribution in [-0.4, -0.2) is 60.9 Å². The first-order valence-electron chi connectivity index (χ1n) is 9.98. The lowest BCUT2D eigenvalue weighted by Crippen LogP contribution is -2.51. The number of carbonyl (C=O) groups is 2. The van der Waals surface area contributed by atoms with Crippen molar-refractivity contribution < 1.29 is 14.3 Å². The summed E-state index contributed by atoms with van der Waals surface area (Å²) in [5.74, 6) is 0.691. The van der Waals surface area contributed by atoms with Gasteiger partial charge in [-0.05, 0) is 49.6 Å². The molecule has 6 nitrogen and oxygen atoms in total. The van der Waals surface area contributed by atoms with Gasteiger partial charge in [0.05, 0.1) is 6.54 Å². The molecule has 0 aromatic heterocycles. The fourth-order valence-corrected chi connectivity index (χ4v) is 3.38. The highest BCUT2D eigenvalue weighted by atomic mass is 16.5. The van der Waals surface area contributed by atoms with Crippen LogP contribution in [0.25, 0.3) is 0 Å². The van der Waals surface area contributed by atoms with Gasteiger partial charge < -0.3 is 15.0 Å². The Morgan fingerprint density at radius 2 is 1.62 bits per heavy atom. The largest absolute Gasteiger partial charge is 0.484 e. The smallest absolute Gasteiger partial charge is 0.260 e. The van der Waals surface area contributed by atoms with Crippen LogP contribution in [0.5, 0.6) is 5.75 Å². The van der Waals surface area contributed by atoms with E-state index in [-0.39, 0.29) is 18.4 Å². The fraction of sp³-hybridized carbons (Fsp3) is 0.391. The Morgan fingerprint density at radius 3 is 2.34 bits per heavy atom. The van der Waals surface area contributed by atoms with E-state index in [0.29, 0.717) is 32.7 Å². The number of aryl methyl sites for hydroxylation is 2. The van der Waals surface area contributed by atoms with E-state index in [1.807, 2.05) is 63.2 Å². The maximum absolute atomic E-state index is 12.4. The van der Waals surface area contributed by atoms with Gasteiger partial charge in [-0.25, -0.2) is 0 Å². The summed E-state index contributed by atoms with van der Waals surface area (Å²) >= 11 is 0. The second-order valence-electron chi connectivity index (χ2n) is 7.51. The minimum absolute atomic E-state index is 0.0206. The van der Waals surface area contributed by atoms with E-state index in [2.05, 4.69) is 10.2 Å². The van der Waals surface area contributed by atoms with Crippen LogP contribution in [0.2, 0.25) is 0 Å². The quantitative estimate of drug-likeness (QED) is 0.817. The van der Waals surface area contributed by atoms with Gasteiger partial charge in [-0.15, -0.1) is 0 Å². The Hall–Kier alpha value is -2.86. The van der Waals surface area contributed by atoms with E-state index < -0.39 is 0 Å². The lowest BCUT2D eigenvalue weighted by Gasteiger charge is -2.34. The molecule has 1 aliphatic heterocycles. The summed E-state index contributed by atoms with van der Waals surface area (Å²) in [7, 11) is 0. The number of amides is 2. The van der Waals surface area contributed by atoms with Crippen molar-refractivity contribution in [2.75, 3.05) is 44.6 Å². The molecular formula is C23H29N3O3. The summed E-state index contributed by atoms with van der Waals surface area (Å²) in [6.07, 6.45) is 0. The number of hydrogen-bond acceptors (Lipinski definition) is 4. The molecule has 0 atom stereocenters. The zero-order chi connectivity index (χ0) is 20.8. The van der Waals surface area contributed by atoms with E-state index >= 15 is 0 Å². The molecule has 6 heteroatoms. The van der Waals surface area contributed by atoms with Gasteiger partial charge in [0.15, 0.2) is 6.61 Å². The predicted octanol–water partition coefficient (Wildman–Crippen LogP) is 2.77. The summed E-state index contributed by atoms with van der Waals surface area (Å²) in [5, 5.41) is 2.99. The van der Waals surface area contributed by atoms with Crippen LogP contribution in [0.1, 0.15) is 16.7 Å². The summed E-state index contributed by atoms with van der Waals surface area (Å²) in [5.41, 5.74) is 4.12. The molecule has 3 rings (SSSR count). The lowest BCUT2D eigenvalue weighted by molar-refractivity contribution is -0.135. The number of hydrogen-bond donors (Lipinski definition) is 1. The molecule has 0 saturated carbocycles. The fourth-order valence-electron chi connectivity index (χ4n) is 3.38. The zero-order valence-corrected chi connectivity index (χ0v) is 17.4. The monoisotopic (exact) mass is 395 g/mol. The van der Waals surface area contributed by atoms with Crippen LogP contribution in [0.4, 0.5) is 5.69 Å². The van der Waals surface area contributed by atoms with Crippen LogP contribution in [-0.2, 0) is 9.59 Å². The number of nitrogens with one attached hydrogen (secondary N) is 1. The molecule has 1 fully saturated rings. The SMILES string of the molecule is Cc1ccccc1OCC(=O)N1CCN(CC(=O)Nc2cccc(C)c2C)CC1. The first kappa shape index (κ1) is 20.9. The number of para-hydroxylation sites is 1. The van der Waals surface area contributed by atoms with E-state index in [4.69, 9.17) is 4.74 Å². The maximum atomic E-state index is 12.4. The first-order chi connectivity index (χ1) is 13.9. The Labute approximate surface area is 172 Å². The van der Waals surface area contributed by atoms with Crippen molar-refractivity contribution in [3.05, 3.63) is 59.2 Å². The molecule has 0 bridgehead atoms. The van der Waals surface area contributed by atoms with Crippen LogP contribution < -0.4 is 10.1 Å². The normalized spacial score (nSPS) is 14.5. The standard InChI is InChI=1S/C23H29N3O3/c1-17-8-6-9-20(19(17)3)24-22(27)15-25-11-13-26(14-12-25)23(28)16-29-21-10-5-4-7-18(21)2/h4-10H,11-16H2,1-3H3,(H,24,27). The zero-order valence-electron chi connectivity index (χ0n) is 17.4. The van der Waals surface area contributed by atoms with Crippen molar-refractivity contribution in [2.45, 2.75) is 20.8 Å². The lowest BCUT2D eigenvalue weighted by atomic mass is 10.1. The van der Waals surface area contributed by atoms with Gasteiger partial charge >= 0.3 is 0 Å². The molecule has 2 aromatic carbocycles. The van der Waals surface area contributed by atoms with Gasteiger partial charge in [-0.3, -0.25) is 14.5 Å². The molecule has 0 spiro atoms. The molecule has 1 N–H and O–H groups in total. The van der Waals surface area contributed by atoms with Crippen LogP contribution >= 0.6 is 0 Å². The van der Waals surface area contributed by atoms with Crippen molar-refractivity contribution in [1.82, 2.24) is 9.80 Å². The molecular weight excluding hydrogens is 366 g/mol. The number of ether oxygens (including phenoxy) is 1. The Kier molecular flexibility index (Phi) is 6.88. The number of nitrogens with zero attached hydrogens (tertiary/aromatic N) is 2. The van der Waals surface area contributed by atoms with Crippen molar-refractivity contribution in [3.63, 3.8) is 0 Å². The van der Waals surface area contributed by atoms with Gasteiger partial charge in [0, 0.05) is 31.9 Å². The number of rotatable bonds is 6. The molecule has 2 aromatic rings. The van der Waals surface area contributed by atoms with Crippen LogP contribution in [0, 0.1) is 20.8 Å². The molecule has 2 amide bonds. The molecule has 1 saturated heterocycles. The maximum Gasteiger partial charge on any atom is 0.260 e. The average molecular weight is 396 g/mol. The second kappa shape index (κ2) is 9.56. The van der Waals surface area contributed by atoms with Crippen molar-refractivity contribution in [3.8, 4) is 5.75 Å². The van der Waals surface area contributed by atoms with Gasteiger partial charge in [0.25, 0.3) is 5.91 Å². The van der Waals surface area contributed by atoms with E-state index in [0.717, 1.165) is 28.1 Å². The topological polar surface area (TPSA) is 61.9 Å². The molecule has 1 aliphatic rings. The van der Waals surface area contributed by atoms with Crippen molar-refractivity contribution in [2.24, 2.45) is 0 Å². The number of benzene rings is 2.